The molecular formula is C25H33FN2O4. The Balaban J connectivity index is 0.000000193. The molecule has 0 radical (unpaired) electrons. The summed E-state index contributed by atoms with van der Waals surface area (Å²) in [6.07, 6.45) is 6.95. The van der Waals surface area contributed by atoms with E-state index in [2.05, 4.69) is 6.92 Å². The lowest BCUT2D eigenvalue weighted by Crippen LogP contribution is -2.25. The number of hydrogen-bond acceptors (Lipinski definition) is 5. The number of halogens is 1. The number of fused-ring (bicyclic) bond motifs is 1. The largest absolute Gasteiger partial charge is 0.505 e. The highest BCUT2D eigenvalue weighted by Gasteiger charge is 2.29. The van der Waals surface area contributed by atoms with Crippen molar-refractivity contribution in [2.45, 2.75) is 51.7 Å². The van der Waals surface area contributed by atoms with E-state index >= 15 is 0 Å². The van der Waals surface area contributed by atoms with Gasteiger partial charge in [0, 0.05) is 26.2 Å². The van der Waals surface area contributed by atoms with Crippen LogP contribution in [0.15, 0.2) is 36.4 Å². The van der Waals surface area contributed by atoms with Crippen LogP contribution in [-0.4, -0.2) is 42.2 Å². The highest BCUT2D eigenvalue weighted by molar-refractivity contribution is 5.98. The van der Waals surface area contributed by atoms with Crippen molar-refractivity contribution >= 4 is 5.91 Å². The van der Waals surface area contributed by atoms with Gasteiger partial charge < -0.3 is 25.2 Å². The van der Waals surface area contributed by atoms with Gasteiger partial charge in [-0.05, 0) is 49.4 Å². The standard InChI is InChI=1S/C16H25NO2.C9H8FNO2/c1-13(14-6-3-2-4-7-14)19-16-9-5-8-15(12-16)18-11-10-17;1-11-4-5-2-3-6(12)8(10)7(5)9(11)13/h5,8-9,12-14H,2-4,6-7,10-11,17H2,1H3;2-3,12H,4H2,1H3. The molecule has 1 heterocycles. The monoisotopic (exact) mass is 444 g/mol. The summed E-state index contributed by atoms with van der Waals surface area (Å²) in [4.78, 5) is 12.8. The van der Waals surface area contributed by atoms with Crippen LogP contribution in [0.2, 0.25) is 0 Å². The lowest BCUT2D eigenvalue weighted by molar-refractivity contribution is 0.0812. The molecule has 1 atom stereocenters. The number of carbonyl (C=O) groups excluding carboxylic acids is 1. The van der Waals surface area contributed by atoms with E-state index in [0.717, 1.165) is 11.5 Å². The summed E-state index contributed by atoms with van der Waals surface area (Å²) in [5, 5.41) is 9.04. The average Bonchev–Trinajstić information content (AvgIpc) is 3.10. The Kier molecular flexibility index (Phi) is 8.33. The molecule has 1 fully saturated rings. The van der Waals surface area contributed by atoms with Gasteiger partial charge in [-0.25, -0.2) is 4.39 Å². The quantitative estimate of drug-likeness (QED) is 0.686. The third kappa shape index (κ3) is 5.91. The molecule has 1 amide bonds. The summed E-state index contributed by atoms with van der Waals surface area (Å²) in [6, 6.07) is 10.7. The molecule has 1 unspecified atom stereocenters. The van der Waals surface area contributed by atoms with E-state index in [1.807, 2.05) is 24.3 Å². The van der Waals surface area contributed by atoms with Crippen molar-refractivity contribution in [1.82, 2.24) is 4.90 Å². The Bertz CT molecular complexity index is 915. The fraction of sp³-hybridized carbons (Fsp3) is 0.480. The summed E-state index contributed by atoms with van der Waals surface area (Å²) in [7, 11) is 1.60. The van der Waals surface area contributed by atoms with Gasteiger partial charge in [0.2, 0.25) is 0 Å². The van der Waals surface area contributed by atoms with Crippen molar-refractivity contribution in [1.29, 1.82) is 0 Å². The van der Waals surface area contributed by atoms with Crippen molar-refractivity contribution in [2.24, 2.45) is 11.7 Å². The maximum Gasteiger partial charge on any atom is 0.257 e. The zero-order chi connectivity index (χ0) is 23.1. The Morgan fingerprint density at radius 3 is 2.62 bits per heavy atom. The smallest absolute Gasteiger partial charge is 0.257 e. The van der Waals surface area contributed by atoms with Gasteiger partial charge >= 0.3 is 0 Å². The van der Waals surface area contributed by atoms with Crippen LogP contribution in [-0.2, 0) is 6.54 Å². The first-order chi connectivity index (χ1) is 15.4. The lowest BCUT2D eigenvalue weighted by Gasteiger charge is -2.28. The molecule has 2 aromatic carbocycles. The van der Waals surface area contributed by atoms with E-state index in [-0.39, 0.29) is 17.6 Å². The minimum Gasteiger partial charge on any atom is -0.505 e. The highest BCUT2D eigenvalue weighted by Crippen LogP contribution is 2.30. The topological polar surface area (TPSA) is 85.0 Å². The van der Waals surface area contributed by atoms with E-state index in [1.165, 1.54) is 43.1 Å². The predicted octanol–water partition coefficient (Wildman–Crippen LogP) is 4.49. The Morgan fingerprint density at radius 1 is 1.19 bits per heavy atom. The molecule has 0 aromatic heterocycles. The summed E-state index contributed by atoms with van der Waals surface area (Å²) in [6.45, 7) is 3.67. The molecule has 174 valence electrons. The van der Waals surface area contributed by atoms with Gasteiger partial charge in [0.15, 0.2) is 11.6 Å². The Hall–Kier alpha value is -2.80. The van der Waals surface area contributed by atoms with Gasteiger partial charge in [-0.3, -0.25) is 4.79 Å². The first-order valence-electron chi connectivity index (χ1n) is 11.3. The number of carbonyl (C=O) groups is 1. The first-order valence-corrected chi connectivity index (χ1v) is 11.3. The number of ether oxygens (including phenoxy) is 2. The van der Waals surface area contributed by atoms with Crippen LogP contribution in [0.4, 0.5) is 4.39 Å². The van der Waals surface area contributed by atoms with Crippen LogP contribution < -0.4 is 15.2 Å². The van der Waals surface area contributed by atoms with Gasteiger partial charge in [-0.15, -0.1) is 0 Å². The normalized spacial score (nSPS) is 16.8. The third-order valence-corrected chi connectivity index (χ3v) is 6.00. The minimum atomic E-state index is -0.813. The van der Waals surface area contributed by atoms with Crippen molar-refractivity contribution in [3.05, 3.63) is 53.3 Å². The number of nitrogens with zero attached hydrogens (tertiary/aromatic N) is 1. The maximum absolute atomic E-state index is 13.2. The van der Waals surface area contributed by atoms with Crippen LogP contribution in [0.5, 0.6) is 17.2 Å². The molecule has 1 saturated carbocycles. The van der Waals surface area contributed by atoms with Crippen LogP contribution in [0.3, 0.4) is 0 Å². The van der Waals surface area contributed by atoms with Crippen molar-refractivity contribution in [3.8, 4) is 17.2 Å². The van der Waals surface area contributed by atoms with Gasteiger partial charge in [-0.1, -0.05) is 31.4 Å². The van der Waals surface area contributed by atoms with E-state index < -0.39 is 11.6 Å². The number of benzene rings is 2. The molecule has 1 aliphatic heterocycles. The molecule has 1 aliphatic carbocycles. The van der Waals surface area contributed by atoms with Crippen LogP contribution in [0.25, 0.3) is 0 Å². The van der Waals surface area contributed by atoms with E-state index in [4.69, 9.17) is 20.3 Å². The summed E-state index contributed by atoms with van der Waals surface area (Å²) in [5.74, 6) is 0.770. The second-order valence-electron chi connectivity index (χ2n) is 8.43. The number of aromatic hydroxyl groups is 1. The molecule has 7 heteroatoms. The molecule has 32 heavy (non-hydrogen) atoms. The van der Waals surface area contributed by atoms with Gasteiger partial charge in [0.05, 0.1) is 11.7 Å². The van der Waals surface area contributed by atoms with E-state index in [0.29, 0.717) is 31.2 Å². The second kappa shape index (κ2) is 11.2. The minimum absolute atomic E-state index is 0.00231. The average molecular weight is 445 g/mol. The van der Waals surface area contributed by atoms with Gasteiger partial charge in [0.1, 0.15) is 18.1 Å². The van der Waals surface area contributed by atoms with E-state index in [1.54, 1.807) is 13.1 Å². The fourth-order valence-electron chi connectivity index (χ4n) is 4.21. The SMILES string of the molecule is CC(Oc1cccc(OCCN)c1)C1CCCCC1.CN1Cc2ccc(O)c(F)c2C1=O. The molecule has 0 bridgehead atoms. The molecule has 0 saturated heterocycles. The predicted molar refractivity (Wildman–Crippen MR) is 122 cm³/mol. The number of phenolic OH excluding ortho intramolecular Hbond substituents is 1. The van der Waals surface area contributed by atoms with Crippen LogP contribution in [0.1, 0.15) is 54.9 Å². The maximum atomic E-state index is 13.2. The van der Waals surface area contributed by atoms with Crippen molar-refractivity contribution < 1.29 is 23.8 Å². The third-order valence-electron chi connectivity index (χ3n) is 6.00. The van der Waals surface area contributed by atoms with Crippen LogP contribution in [0, 0.1) is 11.7 Å². The van der Waals surface area contributed by atoms with Gasteiger partial charge in [0.25, 0.3) is 5.91 Å². The molecule has 4 rings (SSSR count). The molecule has 2 aliphatic rings. The van der Waals surface area contributed by atoms with Gasteiger partial charge in [-0.2, -0.15) is 0 Å². The lowest BCUT2D eigenvalue weighted by atomic mass is 9.86. The zero-order valence-corrected chi connectivity index (χ0v) is 18.9. The molecule has 6 nitrogen and oxygen atoms in total. The molecular weight excluding hydrogens is 411 g/mol. The van der Waals surface area contributed by atoms with Crippen molar-refractivity contribution in [2.75, 3.05) is 20.2 Å². The fourth-order valence-corrected chi connectivity index (χ4v) is 4.21. The first kappa shape index (κ1) is 23.9. The molecule has 3 N–H and O–H groups in total. The highest BCUT2D eigenvalue weighted by atomic mass is 19.1. The summed E-state index contributed by atoms with van der Waals surface area (Å²) in [5.41, 5.74) is 6.07. The zero-order valence-electron chi connectivity index (χ0n) is 18.9. The Labute approximate surface area is 189 Å². The summed E-state index contributed by atoms with van der Waals surface area (Å²) < 4.78 is 24.8. The number of rotatable bonds is 6. The van der Waals surface area contributed by atoms with E-state index in [9.17, 15) is 9.18 Å². The molecule has 2 aromatic rings. The summed E-state index contributed by atoms with van der Waals surface area (Å²) >= 11 is 0. The number of nitrogens with two attached hydrogens (primary N) is 1. The van der Waals surface area contributed by atoms with Crippen LogP contribution >= 0.6 is 0 Å². The number of phenols is 1. The molecule has 0 spiro atoms. The number of hydrogen-bond donors (Lipinski definition) is 2. The second-order valence-corrected chi connectivity index (χ2v) is 8.43. The number of amides is 1. The Morgan fingerprint density at radius 2 is 1.91 bits per heavy atom. The van der Waals surface area contributed by atoms with Crippen molar-refractivity contribution in [3.63, 3.8) is 0 Å².